The Hall–Kier alpha value is -2.55. The van der Waals surface area contributed by atoms with Crippen LogP contribution in [-0.4, -0.2) is 51.5 Å². The van der Waals surface area contributed by atoms with E-state index in [-0.39, 0.29) is 0 Å². The van der Waals surface area contributed by atoms with Gasteiger partial charge in [-0.25, -0.2) is 4.98 Å². The van der Waals surface area contributed by atoms with Crippen LogP contribution in [0.5, 0.6) is 0 Å². The van der Waals surface area contributed by atoms with Gasteiger partial charge in [-0.05, 0) is 5.56 Å². The zero-order valence-electron chi connectivity index (χ0n) is 15.9. The maximum atomic E-state index is 5.93. The minimum absolute atomic E-state index is 0.453. The summed E-state index contributed by atoms with van der Waals surface area (Å²) < 4.78 is 19.3. The van der Waals surface area contributed by atoms with Crippen LogP contribution in [0.2, 0.25) is 0 Å². The Morgan fingerprint density at radius 3 is 2.86 bits per heavy atom. The van der Waals surface area contributed by atoms with Crippen LogP contribution in [0.15, 0.2) is 40.9 Å². The summed E-state index contributed by atoms with van der Waals surface area (Å²) in [4.78, 5) is 6.91. The third-order valence-corrected chi connectivity index (χ3v) is 5.60. The molecule has 1 aromatic carbocycles. The molecule has 1 saturated heterocycles. The van der Waals surface area contributed by atoms with Crippen molar-refractivity contribution in [1.29, 1.82) is 0 Å². The summed E-state index contributed by atoms with van der Waals surface area (Å²) in [5.74, 6) is 2.16. The van der Waals surface area contributed by atoms with Crippen LogP contribution in [0.25, 0.3) is 11.3 Å². The molecule has 8 heteroatoms. The zero-order valence-corrected chi connectivity index (χ0v) is 15.9. The maximum absolute atomic E-state index is 5.93. The molecule has 28 heavy (non-hydrogen) atoms. The smallest absolute Gasteiger partial charge is 0.250 e. The average molecular weight is 381 g/mol. The number of benzene rings is 1. The summed E-state index contributed by atoms with van der Waals surface area (Å²) in [5.41, 5.74) is 1.76. The second kappa shape index (κ2) is 7.12. The Bertz CT molecular complexity index is 946. The first-order valence-electron chi connectivity index (χ1n) is 9.55. The van der Waals surface area contributed by atoms with Gasteiger partial charge < -0.3 is 18.5 Å². The van der Waals surface area contributed by atoms with Crippen molar-refractivity contribution in [2.45, 2.75) is 31.7 Å². The fraction of sp³-hybridized carbons (Fsp3) is 0.450. The number of hydrogen-bond donors (Lipinski definition) is 0. The second-order valence-corrected chi connectivity index (χ2v) is 7.29. The van der Waals surface area contributed by atoms with Crippen molar-refractivity contribution in [3.63, 3.8) is 0 Å². The van der Waals surface area contributed by atoms with Gasteiger partial charge in [0, 0.05) is 26.6 Å². The van der Waals surface area contributed by atoms with E-state index in [1.165, 1.54) is 11.3 Å². The minimum Gasteiger partial charge on any atom is -0.421 e. The van der Waals surface area contributed by atoms with Gasteiger partial charge in [0.2, 0.25) is 5.89 Å². The molecule has 2 aliphatic heterocycles. The van der Waals surface area contributed by atoms with Crippen LogP contribution in [0.1, 0.15) is 24.0 Å². The van der Waals surface area contributed by atoms with Crippen molar-refractivity contribution in [3.05, 3.63) is 54.1 Å². The van der Waals surface area contributed by atoms with Crippen molar-refractivity contribution in [2.24, 2.45) is 0 Å². The van der Waals surface area contributed by atoms with E-state index in [1.54, 1.807) is 7.11 Å². The van der Waals surface area contributed by atoms with Gasteiger partial charge in [0.15, 0.2) is 5.60 Å². The summed E-state index contributed by atoms with van der Waals surface area (Å²) in [6.07, 6.45) is 2.69. The molecule has 0 saturated carbocycles. The SMILES string of the molecule is COC1(c2nnc(CN3CCn4c(-c5ccccc5)cnc4C3)o2)CCOC1. The molecule has 2 aromatic heterocycles. The van der Waals surface area contributed by atoms with Gasteiger partial charge >= 0.3 is 0 Å². The fourth-order valence-corrected chi connectivity index (χ4v) is 3.94. The molecule has 0 bridgehead atoms. The number of nitrogens with zero attached hydrogens (tertiary/aromatic N) is 5. The Morgan fingerprint density at radius 2 is 2.07 bits per heavy atom. The van der Waals surface area contributed by atoms with E-state index in [4.69, 9.17) is 13.9 Å². The number of imidazole rings is 1. The highest BCUT2D eigenvalue weighted by Gasteiger charge is 2.42. The van der Waals surface area contributed by atoms with Gasteiger partial charge in [-0.15, -0.1) is 10.2 Å². The van der Waals surface area contributed by atoms with Crippen LogP contribution >= 0.6 is 0 Å². The van der Waals surface area contributed by atoms with E-state index in [9.17, 15) is 0 Å². The van der Waals surface area contributed by atoms with Crippen LogP contribution in [-0.2, 0) is 34.7 Å². The molecule has 2 aliphatic rings. The molecule has 3 aromatic rings. The molecule has 4 heterocycles. The maximum Gasteiger partial charge on any atom is 0.250 e. The predicted molar refractivity (Wildman–Crippen MR) is 100 cm³/mol. The van der Waals surface area contributed by atoms with Gasteiger partial charge in [0.25, 0.3) is 5.89 Å². The highest BCUT2D eigenvalue weighted by molar-refractivity contribution is 5.59. The first kappa shape index (κ1) is 17.5. The van der Waals surface area contributed by atoms with Crippen LogP contribution in [0.4, 0.5) is 0 Å². The molecule has 1 fully saturated rings. The van der Waals surface area contributed by atoms with Crippen molar-refractivity contribution in [1.82, 2.24) is 24.6 Å². The van der Waals surface area contributed by atoms with Crippen LogP contribution < -0.4 is 0 Å². The van der Waals surface area contributed by atoms with E-state index >= 15 is 0 Å². The largest absolute Gasteiger partial charge is 0.421 e. The fourth-order valence-electron chi connectivity index (χ4n) is 3.94. The lowest BCUT2D eigenvalue weighted by Crippen LogP contribution is -2.33. The first-order valence-corrected chi connectivity index (χ1v) is 9.55. The van der Waals surface area contributed by atoms with E-state index in [1.807, 2.05) is 12.3 Å². The van der Waals surface area contributed by atoms with Crippen LogP contribution in [0.3, 0.4) is 0 Å². The molecule has 8 nitrogen and oxygen atoms in total. The second-order valence-electron chi connectivity index (χ2n) is 7.29. The summed E-state index contributed by atoms with van der Waals surface area (Å²) >= 11 is 0. The number of hydrogen-bond acceptors (Lipinski definition) is 7. The third-order valence-electron chi connectivity index (χ3n) is 5.60. The molecular weight excluding hydrogens is 358 g/mol. The number of aromatic nitrogens is 4. The van der Waals surface area contributed by atoms with Gasteiger partial charge in [0.1, 0.15) is 5.82 Å². The number of rotatable bonds is 5. The van der Waals surface area contributed by atoms with Crippen molar-refractivity contribution in [2.75, 3.05) is 26.9 Å². The van der Waals surface area contributed by atoms with Crippen LogP contribution in [0, 0.1) is 0 Å². The lowest BCUT2D eigenvalue weighted by atomic mass is 10.0. The van der Waals surface area contributed by atoms with E-state index < -0.39 is 5.60 Å². The van der Waals surface area contributed by atoms with Gasteiger partial charge in [0.05, 0.1) is 38.2 Å². The first-order chi connectivity index (χ1) is 13.8. The monoisotopic (exact) mass is 381 g/mol. The Balaban J connectivity index is 1.30. The quantitative estimate of drug-likeness (QED) is 0.670. The normalized spacial score (nSPS) is 22.5. The van der Waals surface area contributed by atoms with E-state index in [0.717, 1.165) is 31.9 Å². The predicted octanol–water partition coefficient (Wildman–Crippen LogP) is 2.21. The number of ether oxygens (including phenoxy) is 2. The van der Waals surface area contributed by atoms with Gasteiger partial charge in [-0.1, -0.05) is 30.3 Å². The lowest BCUT2D eigenvalue weighted by Gasteiger charge is -2.27. The third kappa shape index (κ3) is 3.03. The molecule has 5 rings (SSSR count). The molecule has 146 valence electrons. The Kier molecular flexibility index (Phi) is 4.46. The summed E-state index contributed by atoms with van der Waals surface area (Å²) in [6, 6.07) is 10.4. The molecule has 0 radical (unpaired) electrons. The van der Waals surface area contributed by atoms with Gasteiger partial charge in [-0.3, -0.25) is 4.90 Å². The molecule has 0 aliphatic carbocycles. The summed E-state index contributed by atoms with van der Waals surface area (Å²) in [5, 5.41) is 8.46. The highest BCUT2D eigenvalue weighted by Crippen LogP contribution is 2.33. The summed E-state index contributed by atoms with van der Waals surface area (Å²) in [6.45, 7) is 4.23. The Morgan fingerprint density at radius 1 is 1.18 bits per heavy atom. The molecule has 1 atom stereocenters. The lowest BCUT2D eigenvalue weighted by molar-refractivity contribution is -0.0420. The summed E-state index contributed by atoms with van der Waals surface area (Å²) in [7, 11) is 1.66. The topological polar surface area (TPSA) is 78.4 Å². The molecule has 1 unspecified atom stereocenters. The highest BCUT2D eigenvalue weighted by atomic mass is 16.6. The Labute approximate surface area is 163 Å². The molecule has 0 spiro atoms. The number of fused-ring (bicyclic) bond motifs is 1. The van der Waals surface area contributed by atoms with E-state index in [0.29, 0.717) is 31.5 Å². The van der Waals surface area contributed by atoms with Crippen molar-refractivity contribution >= 4 is 0 Å². The average Bonchev–Trinajstić information content (AvgIpc) is 3.48. The van der Waals surface area contributed by atoms with Crippen molar-refractivity contribution < 1.29 is 13.9 Å². The molecule has 0 amide bonds. The van der Waals surface area contributed by atoms with Crippen molar-refractivity contribution in [3.8, 4) is 11.3 Å². The zero-order chi connectivity index (χ0) is 19.0. The standard InChI is InChI=1S/C20H23N5O3/c1-26-20(7-10-27-14-20)19-23-22-18(28-19)13-24-8-9-25-16(11-21-17(25)12-24)15-5-3-2-4-6-15/h2-6,11H,7-10,12-14H2,1H3. The van der Waals surface area contributed by atoms with E-state index in [2.05, 4.69) is 48.9 Å². The molecule has 0 N–H and O–H groups in total. The minimum atomic E-state index is -0.603. The molecular formula is C20H23N5O3. The number of methoxy groups -OCH3 is 1. The van der Waals surface area contributed by atoms with Gasteiger partial charge in [-0.2, -0.15) is 0 Å².